The van der Waals surface area contributed by atoms with E-state index in [9.17, 15) is 5.11 Å². The van der Waals surface area contributed by atoms with Gasteiger partial charge >= 0.3 is 0 Å². The van der Waals surface area contributed by atoms with Crippen molar-refractivity contribution in [1.29, 1.82) is 0 Å². The molecule has 0 saturated heterocycles. The molecule has 0 saturated carbocycles. The molecule has 2 heteroatoms. The number of halogens is 1. The van der Waals surface area contributed by atoms with Crippen LogP contribution in [0.15, 0.2) is 28.7 Å². The maximum absolute atomic E-state index is 9.83. The van der Waals surface area contributed by atoms with Crippen molar-refractivity contribution in [3.63, 3.8) is 0 Å². The Morgan fingerprint density at radius 2 is 2.14 bits per heavy atom. The number of hydrogen-bond acceptors (Lipinski definition) is 1. The van der Waals surface area contributed by atoms with E-state index in [-0.39, 0.29) is 0 Å². The number of benzene rings is 1. The highest BCUT2D eigenvalue weighted by atomic mass is 79.9. The molecule has 14 heavy (non-hydrogen) atoms. The molecule has 1 aromatic carbocycles. The van der Waals surface area contributed by atoms with Gasteiger partial charge in [0.05, 0.1) is 6.10 Å². The maximum Gasteiger partial charge on any atom is 0.0810 e. The van der Waals surface area contributed by atoms with Gasteiger partial charge in [-0.3, -0.25) is 0 Å². The molecule has 1 unspecified atom stereocenters. The van der Waals surface area contributed by atoms with Crippen molar-refractivity contribution >= 4 is 15.9 Å². The van der Waals surface area contributed by atoms with E-state index in [0.717, 1.165) is 16.5 Å². The molecule has 1 aromatic rings. The lowest BCUT2D eigenvalue weighted by Crippen LogP contribution is -1.97. The van der Waals surface area contributed by atoms with Crippen molar-refractivity contribution in [2.45, 2.75) is 25.9 Å². The summed E-state index contributed by atoms with van der Waals surface area (Å²) >= 11 is 3.41. The van der Waals surface area contributed by atoms with Gasteiger partial charge in [0.15, 0.2) is 0 Å². The van der Waals surface area contributed by atoms with Gasteiger partial charge in [-0.25, -0.2) is 0 Å². The highest BCUT2D eigenvalue weighted by molar-refractivity contribution is 9.10. The van der Waals surface area contributed by atoms with Crippen molar-refractivity contribution in [1.82, 2.24) is 0 Å². The largest absolute Gasteiger partial charge is 0.388 e. The van der Waals surface area contributed by atoms with Gasteiger partial charge in [-0.05, 0) is 25.0 Å². The zero-order valence-electron chi connectivity index (χ0n) is 8.13. The molecule has 0 fully saturated rings. The average molecular weight is 253 g/mol. The van der Waals surface area contributed by atoms with Crippen LogP contribution in [0, 0.1) is 11.8 Å². The molecular weight excluding hydrogens is 240 g/mol. The van der Waals surface area contributed by atoms with Gasteiger partial charge in [-0.15, -0.1) is 11.8 Å². The highest BCUT2D eigenvalue weighted by Gasteiger charge is 2.08. The van der Waals surface area contributed by atoms with Crippen molar-refractivity contribution in [3.8, 4) is 11.8 Å². The van der Waals surface area contributed by atoms with E-state index in [4.69, 9.17) is 0 Å². The van der Waals surface area contributed by atoms with Crippen LogP contribution in [0.3, 0.4) is 0 Å². The molecule has 1 nitrogen and oxygen atoms in total. The lowest BCUT2D eigenvalue weighted by Gasteiger charge is -2.10. The third kappa shape index (κ3) is 3.17. The monoisotopic (exact) mass is 252 g/mol. The molecule has 0 aliphatic heterocycles. The minimum absolute atomic E-state index is 0.425. The fourth-order valence-electron chi connectivity index (χ4n) is 1.23. The highest BCUT2D eigenvalue weighted by Crippen LogP contribution is 2.25. The number of hydrogen-bond donors (Lipinski definition) is 1. The standard InChI is InChI=1S/C12H13BrO/c1-2-3-4-9-12(14)10-7-5-6-8-11(10)13/h5-8,12,14H,4,9H2,1H3. The second-order valence-corrected chi connectivity index (χ2v) is 3.86. The first-order valence-corrected chi connectivity index (χ1v) is 5.37. The van der Waals surface area contributed by atoms with Crippen LogP contribution in [0.5, 0.6) is 0 Å². The molecule has 74 valence electrons. The Labute approximate surface area is 93.3 Å². The van der Waals surface area contributed by atoms with Crippen molar-refractivity contribution < 1.29 is 5.11 Å². The van der Waals surface area contributed by atoms with Crippen LogP contribution in [0.2, 0.25) is 0 Å². The first kappa shape index (κ1) is 11.3. The second-order valence-electron chi connectivity index (χ2n) is 3.00. The number of aliphatic hydroxyl groups is 1. The topological polar surface area (TPSA) is 20.2 Å². The fraction of sp³-hybridized carbons (Fsp3) is 0.333. The van der Waals surface area contributed by atoms with E-state index < -0.39 is 6.10 Å². The summed E-state index contributed by atoms with van der Waals surface area (Å²) in [4.78, 5) is 0. The summed E-state index contributed by atoms with van der Waals surface area (Å²) in [6.45, 7) is 1.81. The first-order chi connectivity index (χ1) is 6.75. The molecule has 1 N–H and O–H groups in total. The summed E-state index contributed by atoms with van der Waals surface area (Å²) in [6.07, 6.45) is 0.994. The minimum Gasteiger partial charge on any atom is -0.388 e. The van der Waals surface area contributed by atoms with E-state index in [0.29, 0.717) is 6.42 Å². The van der Waals surface area contributed by atoms with Crippen molar-refractivity contribution in [3.05, 3.63) is 34.3 Å². The van der Waals surface area contributed by atoms with Crippen molar-refractivity contribution in [2.75, 3.05) is 0 Å². The minimum atomic E-state index is -0.425. The lowest BCUT2D eigenvalue weighted by molar-refractivity contribution is 0.168. The normalized spacial score (nSPS) is 11.6. The van der Waals surface area contributed by atoms with Crippen LogP contribution in [-0.4, -0.2) is 5.11 Å². The summed E-state index contributed by atoms with van der Waals surface area (Å²) < 4.78 is 0.956. The summed E-state index contributed by atoms with van der Waals surface area (Å²) in [6, 6.07) is 7.72. The van der Waals surface area contributed by atoms with E-state index in [1.807, 2.05) is 31.2 Å². The zero-order chi connectivity index (χ0) is 10.4. The Morgan fingerprint density at radius 1 is 1.43 bits per heavy atom. The summed E-state index contributed by atoms with van der Waals surface area (Å²) in [7, 11) is 0. The van der Waals surface area contributed by atoms with Crippen LogP contribution >= 0.6 is 15.9 Å². The van der Waals surface area contributed by atoms with Crippen LogP contribution < -0.4 is 0 Å². The smallest absolute Gasteiger partial charge is 0.0810 e. The van der Waals surface area contributed by atoms with E-state index in [1.165, 1.54) is 0 Å². The second kappa shape index (κ2) is 5.85. The Kier molecular flexibility index (Phi) is 4.72. The molecule has 1 rings (SSSR count). The Balaban J connectivity index is 2.63. The molecule has 0 spiro atoms. The third-order valence-corrected chi connectivity index (χ3v) is 2.71. The van der Waals surface area contributed by atoms with Crippen LogP contribution in [0.1, 0.15) is 31.4 Å². The summed E-state index contributed by atoms with van der Waals surface area (Å²) in [5, 5.41) is 9.83. The molecule has 0 aliphatic rings. The molecule has 0 aliphatic carbocycles. The van der Waals surface area contributed by atoms with Gasteiger partial charge < -0.3 is 5.11 Å². The molecule has 0 amide bonds. The molecule has 0 heterocycles. The van der Waals surface area contributed by atoms with E-state index >= 15 is 0 Å². The number of aliphatic hydroxyl groups excluding tert-OH is 1. The fourth-order valence-corrected chi connectivity index (χ4v) is 1.78. The zero-order valence-corrected chi connectivity index (χ0v) is 9.71. The molecule has 0 bridgehead atoms. The summed E-state index contributed by atoms with van der Waals surface area (Å²) in [5.41, 5.74) is 0.936. The molecule has 0 radical (unpaired) electrons. The van der Waals surface area contributed by atoms with E-state index in [2.05, 4.69) is 27.8 Å². The van der Waals surface area contributed by atoms with Crippen LogP contribution in [0.4, 0.5) is 0 Å². The van der Waals surface area contributed by atoms with Crippen LogP contribution in [0.25, 0.3) is 0 Å². The molecular formula is C12H13BrO. The van der Waals surface area contributed by atoms with E-state index in [1.54, 1.807) is 0 Å². The first-order valence-electron chi connectivity index (χ1n) is 4.58. The lowest BCUT2D eigenvalue weighted by atomic mass is 10.1. The Morgan fingerprint density at radius 3 is 2.79 bits per heavy atom. The number of rotatable bonds is 3. The van der Waals surface area contributed by atoms with Crippen molar-refractivity contribution in [2.24, 2.45) is 0 Å². The third-order valence-electron chi connectivity index (χ3n) is 1.98. The predicted molar refractivity (Wildman–Crippen MR) is 61.8 cm³/mol. The van der Waals surface area contributed by atoms with Gasteiger partial charge in [0.2, 0.25) is 0 Å². The Hall–Kier alpha value is -0.780. The Bertz CT molecular complexity index is 349. The van der Waals surface area contributed by atoms with Gasteiger partial charge in [0, 0.05) is 10.9 Å². The van der Waals surface area contributed by atoms with Crippen LogP contribution in [-0.2, 0) is 0 Å². The van der Waals surface area contributed by atoms with Gasteiger partial charge in [0.1, 0.15) is 0 Å². The summed E-state index contributed by atoms with van der Waals surface area (Å²) in [5.74, 6) is 5.76. The molecule has 0 aromatic heterocycles. The average Bonchev–Trinajstić information content (AvgIpc) is 2.18. The van der Waals surface area contributed by atoms with Gasteiger partial charge in [-0.1, -0.05) is 34.1 Å². The van der Waals surface area contributed by atoms with Gasteiger partial charge in [-0.2, -0.15) is 0 Å². The predicted octanol–water partition coefficient (Wildman–Crippen LogP) is 3.29. The quantitative estimate of drug-likeness (QED) is 0.819. The maximum atomic E-state index is 9.83. The SMILES string of the molecule is CC#CCCC(O)c1ccccc1Br. The van der Waals surface area contributed by atoms with Gasteiger partial charge in [0.25, 0.3) is 0 Å². The molecule has 1 atom stereocenters.